The minimum absolute atomic E-state index is 0.136. The molecule has 9 heteroatoms. The first-order valence-electron chi connectivity index (χ1n) is 9.72. The molecule has 0 aliphatic rings. The maximum atomic E-state index is 12.8. The van der Waals surface area contributed by atoms with Crippen LogP contribution in [0, 0.1) is 0 Å². The Morgan fingerprint density at radius 1 is 0.879 bits per heavy atom. The van der Waals surface area contributed by atoms with Gasteiger partial charge in [-0.3, -0.25) is 4.79 Å². The lowest BCUT2D eigenvalue weighted by Crippen LogP contribution is -2.05. The van der Waals surface area contributed by atoms with Crippen molar-refractivity contribution in [2.45, 2.75) is 13.1 Å². The monoisotopic (exact) mass is 457 g/mol. The Balaban J connectivity index is 1.72. The van der Waals surface area contributed by atoms with Gasteiger partial charge in [0.2, 0.25) is 11.6 Å². The smallest absolute Gasteiger partial charge is 0.416 e. The van der Waals surface area contributed by atoms with Gasteiger partial charge in [-0.2, -0.15) is 13.2 Å². The van der Waals surface area contributed by atoms with Gasteiger partial charge >= 0.3 is 12.1 Å². The summed E-state index contributed by atoms with van der Waals surface area (Å²) in [4.78, 5) is 15.9. The summed E-state index contributed by atoms with van der Waals surface area (Å²) in [5.41, 5.74) is 2.10. The number of oxazole rings is 1. The molecule has 0 atom stereocenters. The predicted molar refractivity (Wildman–Crippen MR) is 114 cm³/mol. The van der Waals surface area contributed by atoms with Crippen LogP contribution in [0.3, 0.4) is 0 Å². The number of methoxy groups -OCH3 is 2. The third-order valence-corrected chi connectivity index (χ3v) is 4.89. The summed E-state index contributed by atoms with van der Waals surface area (Å²) in [6.07, 6.45) is -4.39. The molecule has 0 saturated carbocycles. The highest BCUT2D eigenvalue weighted by atomic mass is 19.4. The average Bonchev–Trinajstić information content (AvgIpc) is 3.21. The van der Waals surface area contributed by atoms with E-state index in [1.165, 1.54) is 33.3 Å². The second kappa shape index (κ2) is 8.50. The number of aromatic nitrogens is 1. The van der Waals surface area contributed by atoms with E-state index in [9.17, 15) is 18.0 Å². The minimum atomic E-state index is -4.39. The van der Waals surface area contributed by atoms with Crippen molar-refractivity contribution >= 4 is 17.1 Å². The van der Waals surface area contributed by atoms with E-state index in [1.54, 1.807) is 30.3 Å². The van der Waals surface area contributed by atoms with Crippen molar-refractivity contribution < 1.29 is 36.6 Å². The summed E-state index contributed by atoms with van der Waals surface area (Å²) < 4.78 is 60.2. The topological polar surface area (TPSA) is 70.8 Å². The Bertz CT molecular complexity index is 1300. The van der Waals surface area contributed by atoms with E-state index < -0.39 is 17.7 Å². The minimum Gasteiger partial charge on any atom is -0.493 e. The molecular weight excluding hydrogens is 439 g/mol. The third kappa shape index (κ3) is 4.48. The normalized spacial score (nSPS) is 11.5. The largest absolute Gasteiger partial charge is 0.493 e. The number of esters is 1. The summed E-state index contributed by atoms with van der Waals surface area (Å²) in [5, 5.41) is 0. The van der Waals surface area contributed by atoms with Gasteiger partial charge < -0.3 is 18.6 Å². The fraction of sp³-hybridized carbons (Fsp3) is 0.167. The van der Waals surface area contributed by atoms with Crippen LogP contribution in [0.5, 0.6) is 17.2 Å². The quantitative estimate of drug-likeness (QED) is 0.266. The summed E-state index contributed by atoms with van der Waals surface area (Å²) in [6.45, 7) is 1.27. The first-order chi connectivity index (χ1) is 15.7. The van der Waals surface area contributed by atoms with Gasteiger partial charge in [0.05, 0.1) is 19.8 Å². The van der Waals surface area contributed by atoms with Crippen LogP contribution in [-0.2, 0) is 11.0 Å². The summed E-state index contributed by atoms with van der Waals surface area (Å²) in [7, 11) is 2.85. The summed E-state index contributed by atoms with van der Waals surface area (Å²) in [6, 6.07) is 13.3. The van der Waals surface area contributed by atoms with E-state index in [-0.39, 0.29) is 23.1 Å². The fourth-order valence-corrected chi connectivity index (χ4v) is 3.33. The van der Waals surface area contributed by atoms with Crippen molar-refractivity contribution in [3.8, 4) is 39.8 Å². The van der Waals surface area contributed by atoms with E-state index in [1.807, 2.05) is 0 Å². The Morgan fingerprint density at radius 3 is 2.03 bits per heavy atom. The molecule has 0 bridgehead atoms. The highest BCUT2D eigenvalue weighted by Gasteiger charge is 2.30. The van der Waals surface area contributed by atoms with Crippen molar-refractivity contribution in [1.82, 2.24) is 4.98 Å². The van der Waals surface area contributed by atoms with Crippen LogP contribution in [-0.4, -0.2) is 25.2 Å². The molecule has 6 nitrogen and oxygen atoms in total. The first-order valence-corrected chi connectivity index (χ1v) is 9.72. The van der Waals surface area contributed by atoms with Crippen LogP contribution in [0.2, 0.25) is 0 Å². The number of carbonyl (C=O) groups excluding carboxylic acids is 1. The Hall–Kier alpha value is -4.01. The molecule has 0 fully saturated rings. The van der Waals surface area contributed by atoms with Gasteiger partial charge in [0, 0.05) is 12.5 Å². The number of rotatable bonds is 5. The van der Waals surface area contributed by atoms with E-state index >= 15 is 0 Å². The lowest BCUT2D eigenvalue weighted by molar-refractivity contribution is -0.137. The van der Waals surface area contributed by atoms with E-state index in [0.29, 0.717) is 27.8 Å². The summed E-state index contributed by atoms with van der Waals surface area (Å²) >= 11 is 0. The molecule has 4 aromatic rings. The first kappa shape index (κ1) is 22.2. The van der Waals surface area contributed by atoms with Crippen LogP contribution >= 0.6 is 0 Å². The molecule has 170 valence electrons. The van der Waals surface area contributed by atoms with Crippen LogP contribution in [0.25, 0.3) is 33.7 Å². The zero-order valence-electron chi connectivity index (χ0n) is 17.8. The Labute approximate surface area is 186 Å². The maximum absolute atomic E-state index is 12.8. The zero-order chi connectivity index (χ0) is 23.8. The lowest BCUT2D eigenvalue weighted by atomic mass is 10.0. The van der Waals surface area contributed by atoms with Gasteiger partial charge in [-0.1, -0.05) is 18.2 Å². The second-order valence-corrected chi connectivity index (χ2v) is 7.08. The molecule has 0 spiro atoms. The average molecular weight is 457 g/mol. The SMILES string of the molecule is COc1cc(-c2nc3ccc(-c4ccc(C(F)(F)F)cc4)cc3o2)cc(OC)c1OC(C)=O. The van der Waals surface area contributed by atoms with Gasteiger partial charge in [0.15, 0.2) is 17.1 Å². The molecule has 0 radical (unpaired) electrons. The maximum Gasteiger partial charge on any atom is 0.416 e. The Morgan fingerprint density at radius 2 is 1.48 bits per heavy atom. The van der Waals surface area contributed by atoms with Crippen molar-refractivity contribution in [3.63, 3.8) is 0 Å². The van der Waals surface area contributed by atoms with Crippen molar-refractivity contribution in [1.29, 1.82) is 0 Å². The molecule has 0 amide bonds. The van der Waals surface area contributed by atoms with Crippen LogP contribution < -0.4 is 14.2 Å². The Kier molecular flexibility index (Phi) is 5.71. The number of nitrogens with zero attached hydrogens (tertiary/aromatic N) is 1. The third-order valence-electron chi connectivity index (χ3n) is 4.89. The molecule has 1 aromatic heterocycles. The molecule has 3 aromatic carbocycles. The van der Waals surface area contributed by atoms with Gasteiger partial charge in [0.25, 0.3) is 0 Å². The van der Waals surface area contributed by atoms with E-state index in [2.05, 4.69) is 4.98 Å². The predicted octanol–water partition coefficient (Wildman–Crippen LogP) is 6.12. The van der Waals surface area contributed by atoms with Crippen molar-refractivity contribution in [2.24, 2.45) is 0 Å². The van der Waals surface area contributed by atoms with Gasteiger partial charge in [0.1, 0.15) is 5.52 Å². The number of alkyl halides is 3. The fourth-order valence-electron chi connectivity index (χ4n) is 3.33. The van der Waals surface area contributed by atoms with Crippen molar-refractivity contribution in [3.05, 3.63) is 60.2 Å². The molecule has 0 unspecified atom stereocenters. The number of ether oxygens (including phenoxy) is 3. The number of benzene rings is 3. The van der Waals surface area contributed by atoms with Crippen molar-refractivity contribution in [2.75, 3.05) is 14.2 Å². The molecular formula is C24H18F3NO5. The van der Waals surface area contributed by atoms with E-state index in [4.69, 9.17) is 18.6 Å². The second-order valence-electron chi connectivity index (χ2n) is 7.08. The lowest BCUT2D eigenvalue weighted by Gasteiger charge is -2.13. The van der Waals surface area contributed by atoms with Crippen LogP contribution in [0.4, 0.5) is 13.2 Å². The van der Waals surface area contributed by atoms with Gasteiger partial charge in [-0.05, 0) is 47.5 Å². The number of fused-ring (bicyclic) bond motifs is 1. The number of hydrogen-bond acceptors (Lipinski definition) is 6. The highest BCUT2D eigenvalue weighted by Crippen LogP contribution is 2.42. The number of hydrogen-bond donors (Lipinski definition) is 0. The standard InChI is InChI=1S/C24H18F3NO5/c1-13(29)32-22-20(30-2)11-16(12-21(22)31-3)23-28-18-9-6-15(10-19(18)33-23)14-4-7-17(8-5-14)24(25,26)27/h4-12H,1-3H3. The molecule has 33 heavy (non-hydrogen) atoms. The number of carbonyl (C=O) groups is 1. The van der Waals surface area contributed by atoms with E-state index in [0.717, 1.165) is 12.1 Å². The molecule has 0 N–H and O–H groups in total. The highest BCUT2D eigenvalue weighted by molar-refractivity contribution is 5.83. The molecule has 1 heterocycles. The zero-order valence-corrected chi connectivity index (χ0v) is 17.8. The van der Waals surface area contributed by atoms with Gasteiger partial charge in [-0.15, -0.1) is 0 Å². The van der Waals surface area contributed by atoms with Crippen LogP contribution in [0.15, 0.2) is 59.0 Å². The molecule has 4 rings (SSSR count). The summed E-state index contributed by atoms with van der Waals surface area (Å²) in [5.74, 6) is 0.383. The molecule has 0 saturated heterocycles. The molecule has 0 aliphatic heterocycles. The van der Waals surface area contributed by atoms with Crippen LogP contribution in [0.1, 0.15) is 12.5 Å². The molecule has 0 aliphatic carbocycles. The van der Waals surface area contributed by atoms with Gasteiger partial charge in [-0.25, -0.2) is 4.98 Å². The number of halogens is 3.